The third kappa shape index (κ3) is 5.00. The molecule has 0 amide bonds. The Hall–Kier alpha value is -1.73. The molecule has 0 nitrogen and oxygen atoms in total. The Bertz CT molecular complexity index is 960. The van der Waals surface area contributed by atoms with E-state index >= 15 is 0 Å². The van der Waals surface area contributed by atoms with Gasteiger partial charge >= 0.3 is 0 Å². The first-order valence-corrected chi connectivity index (χ1v) is 11.2. The van der Waals surface area contributed by atoms with E-state index in [1.54, 1.807) is 0 Å². The Morgan fingerprint density at radius 2 is 1.07 bits per heavy atom. The lowest BCUT2D eigenvalue weighted by Gasteiger charge is -2.22. The van der Waals surface area contributed by atoms with E-state index < -0.39 is 7.92 Å². The summed E-state index contributed by atoms with van der Waals surface area (Å²) in [6, 6.07) is 39.3. The summed E-state index contributed by atoms with van der Waals surface area (Å²) in [6.45, 7) is 0. The molecule has 0 saturated heterocycles. The fourth-order valence-corrected chi connectivity index (χ4v) is 6.02. The van der Waals surface area contributed by atoms with Gasteiger partial charge in [0, 0.05) is 4.47 Å². The van der Waals surface area contributed by atoms with Crippen LogP contribution in [0.25, 0.3) is 0 Å². The van der Waals surface area contributed by atoms with Gasteiger partial charge in [-0.2, -0.15) is 0 Å². The van der Waals surface area contributed by atoms with Crippen molar-refractivity contribution < 1.29 is 0 Å². The molecule has 4 aromatic carbocycles. The summed E-state index contributed by atoms with van der Waals surface area (Å²) in [7, 11) is -0.578. The topological polar surface area (TPSA) is 0 Å². The molecule has 0 spiro atoms. The van der Waals surface area contributed by atoms with Crippen molar-refractivity contribution in [2.75, 3.05) is 0 Å². The molecule has 0 heterocycles. The highest BCUT2D eigenvalue weighted by atomic mass is 79.9. The number of halogens is 2. The average Bonchev–Trinajstić information content (AvgIpc) is 2.73. The van der Waals surface area contributed by atoms with Gasteiger partial charge in [0.05, 0.1) is 0 Å². The first-order valence-electron chi connectivity index (χ1n) is 9.04. The summed E-state index contributed by atoms with van der Waals surface area (Å²) in [5, 5.41) is 4.22. The largest absolute Gasteiger partial charge is 0.114 e. The van der Waals surface area contributed by atoms with E-state index in [1.165, 1.54) is 27.0 Å². The molecule has 4 rings (SSSR count). The Morgan fingerprint density at radius 1 is 0.571 bits per heavy atom. The average molecular weight is 512 g/mol. The summed E-state index contributed by atoms with van der Waals surface area (Å²) in [5.74, 6) is 0. The van der Waals surface area contributed by atoms with Crippen molar-refractivity contribution in [2.24, 2.45) is 0 Å². The van der Waals surface area contributed by atoms with Crippen molar-refractivity contribution in [1.82, 2.24) is 0 Å². The molecule has 0 aromatic heterocycles. The minimum Gasteiger partial charge on any atom is -0.114 e. The summed E-state index contributed by atoms with van der Waals surface area (Å²) >= 11 is 3.53. The molecule has 0 saturated carbocycles. The van der Waals surface area contributed by atoms with E-state index in [0.29, 0.717) is 0 Å². The van der Waals surface area contributed by atoms with Crippen molar-refractivity contribution >= 4 is 56.7 Å². The zero-order valence-electron chi connectivity index (χ0n) is 15.3. The first-order chi connectivity index (χ1) is 13.3. The summed E-state index contributed by atoms with van der Waals surface area (Å²) in [6.07, 6.45) is 0.946. The van der Waals surface area contributed by atoms with Crippen LogP contribution in [0.4, 0.5) is 0 Å². The fraction of sp³-hybridized carbons (Fsp3) is 0.0400. The van der Waals surface area contributed by atoms with Crippen LogP contribution < -0.4 is 15.9 Å². The van der Waals surface area contributed by atoms with E-state index in [-0.39, 0.29) is 17.0 Å². The first kappa shape index (κ1) is 21.0. The van der Waals surface area contributed by atoms with Gasteiger partial charge in [-0.05, 0) is 53.5 Å². The van der Waals surface area contributed by atoms with Crippen molar-refractivity contribution in [1.29, 1.82) is 0 Å². The Morgan fingerprint density at radius 3 is 1.64 bits per heavy atom. The summed E-state index contributed by atoms with van der Waals surface area (Å²) < 4.78 is 1.12. The second-order valence-corrected chi connectivity index (χ2v) is 9.54. The molecule has 28 heavy (non-hydrogen) atoms. The van der Waals surface area contributed by atoms with Crippen molar-refractivity contribution in [2.45, 2.75) is 6.42 Å². The minimum absolute atomic E-state index is 0. The van der Waals surface area contributed by atoms with E-state index in [0.717, 1.165) is 10.9 Å². The van der Waals surface area contributed by atoms with Crippen LogP contribution in [-0.2, 0) is 6.42 Å². The maximum absolute atomic E-state index is 3.53. The predicted molar refractivity (Wildman–Crippen MR) is 132 cm³/mol. The Labute approximate surface area is 187 Å². The van der Waals surface area contributed by atoms with Gasteiger partial charge in [-0.3, -0.25) is 0 Å². The molecule has 4 aromatic rings. The van der Waals surface area contributed by atoms with Crippen LogP contribution in [0.15, 0.2) is 114 Å². The lowest BCUT2D eigenvalue weighted by molar-refractivity contribution is 1.21. The highest BCUT2D eigenvalue weighted by Crippen LogP contribution is 2.34. The second-order valence-electron chi connectivity index (χ2n) is 6.44. The zero-order valence-corrected chi connectivity index (χ0v) is 19.5. The van der Waals surface area contributed by atoms with Crippen molar-refractivity contribution in [3.05, 3.63) is 125 Å². The van der Waals surface area contributed by atoms with Gasteiger partial charge in [0.2, 0.25) is 0 Å². The van der Waals surface area contributed by atoms with Crippen LogP contribution in [0.3, 0.4) is 0 Å². The minimum atomic E-state index is -0.578. The maximum Gasteiger partial charge on any atom is 0.0175 e. The molecular weight excluding hydrogens is 491 g/mol. The zero-order chi connectivity index (χ0) is 18.5. The van der Waals surface area contributed by atoms with Gasteiger partial charge in [-0.25, -0.2) is 0 Å². The smallest absolute Gasteiger partial charge is 0.0175 e. The van der Waals surface area contributed by atoms with E-state index in [9.17, 15) is 0 Å². The van der Waals surface area contributed by atoms with Crippen LogP contribution in [0.2, 0.25) is 0 Å². The molecule has 0 N–H and O–H groups in total. The van der Waals surface area contributed by atoms with Gasteiger partial charge in [-0.1, -0.05) is 113 Å². The molecular formula is C25H21Br2P. The predicted octanol–water partition coefficient (Wildman–Crippen LogP) is 6.38. The molecule has 0 aliphatic rings. The van der Waals surface area contributed by atoms with Crippen molar-refractivity contribution in [3.63, 3.8) is 0 Å². The van der Waals surface area contributed by atoms with Crippen LogP contribution in [-0.4, -0.2) is 0 Å². The lowest BCUT2D eigenvalue weighted by Crippen LogP contribution is -2.23. The molecule has 0 atom stereocenters. The molecule has 0 radical (unpaired) electrons. The second kappa shape index (κ2) is 10.2. The van der Waals surface area contributed by atoms with Crippen molar-refractivity contribution in [3.8, 4) is 0 Å². The van der Waals surface area contributed by atoms with E-state index in [2.05, 4.69) is 125 Å². The molecule has 0 aliphatic heterocycles. The lowest BCUT2D eigenvalue weighted by atomic mass is 10.1. The van der Waals surface area contributed by atoms with Gasteiger partial charge < -0.3 is 0 Å². The SMILES string of the molecule is Br.Brc1ccc(Cc2ccccc2P(c2ccccc2)c2ccccc2)cc1. The molecule has 0 fully saturated rings. The van der Waals surface area contributed by atoms with E-state index in [4.69, 9.17) is 0 Å². The standard InChI is InChI=1S/C25H20BrP.BrH/c26-22-17-15-20(16-18-22)19-21-9-7-8-14-25(21)27(23-10-3-1-4-11-23)24-12-5-2-6-13-24;/h1-18H,19H2;1H. The van der Waals surface area contributed by atoms with Crippen LogP contribution >= 0.6 is 40.8 Å². The summed E-state index contributed by atoms with van der Waals surface area (Å²) in [4.78, 5) is 0. The van der Waals surface area contributed by atoms with Crippen LogP contribution in [0.1, 0.15) is 11.1 Å². The third-order valence-electron chi connectivity index (χ3n) is 4.57. The van der Waals surface area contributed by atoms with Gasteiger partial charge in [0.25, 0.3) is 0 Å². The van der Waals surface area contributed by atoms with E-state index in [1.807, 2.05) is 0 Å². The summed E-state index contributed by atoms with van der Waals surface area (Å²) in [5.41, 5.74) is 2.74. The molecule has 140 valence electrons. The molecule has 3 heteroatoms. The van der Waals surface area contributed by atoms with Gasteiger partial charge in [0.15, 0.2) is 0 Å². The third-order valence-corrected chi connectivity index (χ3v) is 7.64. The number of benzene rings is 4. The molecule has 0 unspecified atom stereocenters. The Balaban J connectivity index is 0.00000225. The fourth-order valence-electron chi connectivity index (χ4n) is 3.28. The highest BCUT2D eigenvalue weighted by Gasteiger charge is 2.19. The number of rotatable bonds is 5. The number of hydrogen-bond acceptors (Lipinski definition) is 0. The molecule has 0 aliphatic carbocycles. The quantitative estimate of drug-likeness (QED) is 0.273. The maximum atomic E-state index is 3.53. The van der Waals surface area contributed by atoms with Crippen LogP contribution in [0.5, 0.6) is 0 Å². The van der Waals surface area contributed by atoms with Crippen LogP contribution in [0, 0.1) is 0 Å². The highest BCUT2D eigenvalue weighted by molar-refractivity contribution is 9.10. The normalized spacial score (nSPS) is 10.5. The van der Waals surface area contributed by atoms with Gasteiger partial charge in [0.1, 0.15) is 0 Å². The molecule has 0 bridgehead atoms. The van der Waals surface area contributed by atoms with Gasteiger partial charge in [-0.15, -0.1) is 17.0 Å². The number of hydrogen-bond donors (Lipinski definition) is 0. The Kier molecular flexibility index (Phi) is 7.62. The monoisotopic (exact) mass is 510 g/mol.